The molecule has 0 aliphatic carbocycles. The molecule has 0 saturated carbocycles. The molecule has 0 fully saturated rings. The van der Waals surface area contributed by atoms with E-state index >= 15 is 0 Å². The number of hydrogen-bond donors (Lipinski definition) is 1. The van der Waals surface area contributed by atoms with Crippen LogP contribution in [0.3, 0.4) is 0 Å². The van der Waals surface area contributed by atoms with Gasteiger partial charge in [0.25, 0.3) is 5.78 Å². The lowest BCUT2D eigenvalue weighted by Crippen LogP contribution is -2.06. The molecule has 2 aromatic heterocycles. The second-order valence-corrected chi connectivity index (χ2v) is 7.62. The molecule has 2 heterocycles. The molecule has 0 radical (unpaired) electrons. The van der Waals surface area contributed by atoms with Gasteiger partial charge in [-0.05, 0) is 31.2 Å². The van der Waals surface area contributed by atoms with Crippen LogP contribution < -0.4 is 10.1 Å². The first kappa shape index (κ1) is 17.2. The Morgan fingerprint density at radius 2 is 1.68 bits per heavy atom. The molecule has 3 aromatic rings. The van der Waals surface area contributed by atoms with Gasteiger partial charge < -0.3 is 10.1 Å². The Labute approximate surface area is 138 Å². The molecular formula is C13H12F5N5OS. The van der Waals surface area contributed by atoms with E-state index in [2.05, 4.69) is 20.4 Å². The van der Waals surface area contributed by atoms with E-state index in [4.69, 9.17) is 4.74 Å². The molecule has 0 spiro atoms. The molecule has 0 saturated heterocycles. The maximum atomic E-state index is 12.7. The maximum Gasteiger partial charge on any atom is 0.337 e. The normalized spacial score (nSPS) is 14.8. The van der Waals surface area contributed by atoms with E-state index in [0.717, 1.165) is 12.1 Å². The first-order valence-corrected chi connectivity index (χ1v) is 8.70. The van der Waals surface area contributed by atoms with E-state index in [0.29, 0.717) is 23.6 Å². The zero-order valence-corrected chi connectivity index (χ0v) is 13.7. The first-order chi connectivity index (χ1) is 11.4. The fourth-order valence-electron chi connectivity index (χ4n) is 2.09. The number of benzene rings is 1. The van der Waals surface area contributed by atoms with Gasteiger partial charge in [0.2, 0.25) is 0 Å². The molecule has 1 N–H and O–H groups in total. The molecule has 12 heteroatoms. The van der Waals surface area contributed by atoms with Gasteiger partial charge in [-0.25, -0.2) is 4.98 Å². The quantitative estimate of drug-likeness (QED) is 0.655. The van der Waals surface area contributed by atoms with Crippen molar-refractivity contribution in [1.29, 1.82) is 0 Å². The van der Waals surface area contributed by atoms with Gasteiger partial charge in [0, 0.05) is 17.4 Å². The number of fused-ring (bicyclic) bond motifs is 1. The van der Waals surface area contributed by atoms with Crippen LogP contribution in [0.2, 0.25) is 0 Å². The highest BCUT2D eigenvalue weighted by molar-refractivity contribution is 8.45. The zero-order chi connectivity index (χ0) is 18.5. The largest absolute Gasteiger partial charge is 0.466 e. The third kappa shape index (κ3) is 3.57. The summed E-state index contributed by atoms with van der Waals surface area (Å²) in [6, 6.07) is 4.09. The highest BCUT2D eigenvalue weighted by atomic mass is 32.5. The number of methoxy groups -OCH3 is 1. The molecule has 1 aromatic carbocycles. The Morgan fingerprint density at radius 3 is 2.24 bits per heavy atom. The van der Waals surface area contributed by atoms with Crippen molar-refractivity contribution in [3.05, 3.63) is 36.0 Å². The SMILES string of the molecule is COc1nc2nc(C)cc(Nc3ccc(S(F)(F)(F)(F)F)cc3)n2n1. The molecule has 6 nitrogen and oxygen atoms in total. The topological polar surface area (TPSA) is 64.3 Å². The number of ether oxygens (including phenoxy) is 1. The van der Waals surface area contributed by atoms with Gasteiger partial charge in [0.05, 0.1) is 7.11 Å². The van der Waals surface area contributed by atoms with Gasteiger partial charge in [0.1, 0.15) is 10.7 Å². The predicted octanol–water partition coefficient (Wildman–Crippen LogP) is 4.84. The fourth-order valence-corrected chi connectivity index (χ4v) is 2.74. The van der Waals surface area contributed by atoms with Crippen LogP contribution in [0.25, 0.3) is 5.78 Å². The fraction of sp³-hybridized carbons (Fsp3) is 0.154. The van der Waals surface area contributed by atoms with E-state index in [1.807, 2.05) is 0 Å². The lowest BCUT2D eigenvalue weighted by atomic mass is 10.3. The van der Waals surface area contributed by atoms with Crippen LogP contribution in [0, 0.1) is 6.92 Å². The molecule has 136 valence electrons. The summed E-state index contributed by atoms with van der Waals surface area (Å²) in [7, 11) is -8.32. The smallest absolute Gasteiger partial charge is 0.337 e. The summed E-state index contributed by atoms with van der Waals surface area (Å²) < 4.78 is 69.9. The standard InChI is InChI=1S/C13H12F5N5OS/c1-8-7-11(23-12(19-8)21-13(22-23)24-2)20-9-3-5-10(6-4-9)25(14,15,16,17)18/h3-7,20H,1-2H3. The third-order valence-electron chi connectivity index (χ3n) is 3.18. The molecule has 0 amide bonds. The Kier molecular flexibility index (Phi) is 3.24. The number of hydrogen-bond acceptors (Lipinski definition) is 5. The van der Waals surface area contributed by atoms with Crippen LogP contribution in [-0.2, 0) is 0 Å². The third-order valence-corrected chi connectivity index (χ3v) is 4.34. The van der Waals surface area contributed by atoms with Crippen LogP contribution in [-0.4, -0.2) is 26.7 Å². The molecule has 0 aliphatic heterocycles. The van der Waals surface area contributed by atoms with Gasteiger partial charge in [-0.2, -0.15) is 9.50 Å². The molecule has 0 unspecified atom stereocenters. The second kappa shape index (κ2) is 4.71. The number of rotatable bonds is 4. The van der Waals surface area contributed by atoms with Crippen LogP contribution >= 0.6 is 10.2 Å². The van der Waals surface area contributed by atoms with Crippen molar-refractivity contribution in [2.24, 2.45) is 0 Å². The number of nitrogens with zero attached hydrogens (tertiary/aromatic N) is 4. The van der Waals surface area contributed by atoms with Crippen molar-refractivity contribution < 1.29 is 24.2 Å². The van der Waals surface area contributed by atoms with E-state index in [-0.39, 0.29) is 17.5 Å². The molecule has 0 aliphatic rings. The summed E-state index contributed by atoms with van der Waals surface area (Å²) in [5.41, 5.74) is 0.723. The lowest BCUT2D eigenvalue weighted by molar-refractivity contribution is 0.364. The van der Waals surface area contributed by atoms with E-state index in [1.165, 1.54) is 11.6 Å². The summed E-state index contributed by atoms with van der Waals surface area (Å²) in [5, 5.41) is 6.81. The molecule has 0 atom stereocenters. The molecular weight excluding hydrogens is 369 g/mol. The number of anilines is 2. The highest BCUT2D eigenvalue weighted by Crippen LogP contribution is 3.02. The van der Waals surface area contributed by atoms with Gasteiger partial charge in [-0.3, -0.25) is 0 Å². The second-order valence-electron chi connectivity index (χ2n) is 5.21. The minimum Gasteiger partial charge on any atom is -0.466 e. The average Bonchev–Trinajstić information content (AvgIpc) is 2.88. The first-order valence-electron chi connectivity index (χ1n) is 6.75. The minimum absolute atomic E-state index is 0.0532. The number of nitrogens with one attached hydrogen (secondary N) is 1. The van der Waals surface area contributed by atoms with Crippen molar-refractivity contribution in [2.75, 3.05) is 12.4 Å². The highest BCUT2D eigenvalue weighted by Gasteiger charge is 2.65. The van der Waals surface area contributed by atoms with Crippen LogP contribution in [0.15, 0.2) is 35.2 Å². The number of aromatic nitrogens is 4. The molecule has 0 bridgehead atoms. The van der Waals surface area contributed by atoms with E-state index < -0.39 is 15.1 Å². The zero-order valence-electron chi connectivity index (χ0n) is 12.9. The van der Waals surface area contributed by atoms with Crippen molar-refractivity contribution in [3.8, 4) is 6.01 Å². The Hall–Kier alpha value is -2.63. The van der Waals surface area contributed by atoms with Crippen molar-refractivity contribution in [2.45, 2.75) is 11.8 Å². The lowest BCUT2D eigenvalue weighted by Gasteiger charge is -2.40. The summed E-state index contributed by atoms with van der Waals surface area (Å²) in [6.45, 7) is 1.68. The van der Waals surface area contributed by atoms with Crippen molar-refractivity contribution in [3.63, 3.8) is 0 Å². The Morgan fingerprint density at radius 1 is 1.04 bits per heavy atom. The number of aryl methyl sites for hydroxylation is 1. The van der Waals surface area contributed by atoms with Gasteiger partial charge >= 0.3 is 16.2 Å². The summed E-state index contributed by atoms with van der Waals surface area (Å²) in [5.74, 6) is 0.543. The number of halogens is 5. The van der Waals surface area contributed by atoms with Crippen LogP contribution in [0.5, 0.6) is 6.01 Å². The van der Waals surface area contributed by atoms with Crippen molar-refractivity contribution >= 4 is 27.5 Å². The van der Waals surface area contributed by atoms with Crippen LogP contribution in [0.1, 0.15) is 5.69 Å². The van der Waals surface area contributed by atoms with Gasteiger partial charge in [-0.15, -0.1) is 5.10 Å². The van der Waals surface area contributed by atoms with Crippen LogP contribution in [0.4, 0.5) is 30.9 Å². The van der Waals surface area contributed by atoms with E-state index in [9.17, 15) is 19.4 Å². The summed E-state index contributed by atoms with van der Waals surface area (Å²) in [6.07, 6.45) is 0. The van der Waals surface area contributed by atoms with Crippen molar-refractivity contribution in [1.82, 2.24) is 19.6 Å². The van der Waals surface area contributed by atoms with Gasteiger partial charge in [-0.1, -0.05) is 19.4 Å². The maximum absolute atomic E-state index is 12.7. The van der Waals surface area contributed by atoms with Gasteiger partial charge in [0.15, 0.2) is 0 Å². The minimum atomic E-state index is -9.69. The molecule has 25 heavy (non-hydrogen) atoms. The Bertz CT molecular complexity index is 956. The molecule has 3 rings (SSSR count). The monoisotopic (exact) mass is 381 g/mol. The summed E-state index contributed by atoms with van der Waals surface area (Å²) >= 11 is 0. The average molecular weight is 381 g/mol. The summed E-state index contributed by atoms with van der Waals surface area (Å²) in [4.78, 5) is 6.18. The van der Waals surface area contributed by atoms with E-state index in [1.54, 1.807) is 13.0 Å². The predicted molar refractivity (Wildman–Crippen MR) is 83.2 cm³/mol. The Balaban J connectivity index is 1.98.